The Morgan fingerprint density at radius 1 is 0.600 bits per heavy atom. The second kappa shape index (κ2) is 8.78. The van der Waals surface area contributed by atoms with E-state index in [4.69, 9.17) is 4.74 Å². The third-order valence-electron chi connectivity index (χ3n) is 6.21. The van der Waals surface area contributed by atoms with Crippen LogP contribution >= 0.6 is 0 Å². The van der Waals surface area contributed by atoms with E-state index >= 15 is 0 Å². The lowest BCUT2D eigenvalue weighted by Crippen LogP contribution is -2.21. The van der Waals surface area contributed by atoms with Crippen molar-refractivity contribution in [3.8, 4) is 0 Å². The fourth-order valence-corrected chi connectivity index (χ4v) is 4.78. The maximum Gasteiger partial charge on any atom is 0.0901 e. The van der Waals surface area contributed by atoms with E-state index in [2.05, 4.69) is 54.1 Å². The monoisotopic (exact) mass is 346 g/mol. The van der Waals surface area contributed by atoms with Crippen molar-refractivity contribution in [1.29, 1.82) is 0 Å². The van der Waals surface area contributed by atoms with Crippen LogP contribution in [0.5, 0.6) is 0 Å². The molecular weight excluding hydrogens is 304 g/mol. The Bertz CT molecular complexity index is 413. The number of rotatable bonds is 4. The summed E-state index contributed by atoms with van der Waals surface area (Å²) in [5.41, 5.74) is 3.42. The zero-order valence-electron chi connectivity index (χ0n) is 17.8. The van der Waals surface area contributed by atoms with Crippen molar-refractivity contribution in [2.24, 2.45) is 22.7 Å². The molecule has 2 aliphatic rings. The van der Waals surface area contributed by atoms with Gasteiger partial charge in [-0.15, -0.1) is 0 Å². The van der Waals surface area contributed by atoms with Gasteiger partial charge < -0.3 is 4.74 Å². The van der Waals surface area contributed by atoms with Crippen LogP contribution < -0.4 is 0 Å². The van der Waals surface area contributed by atoms with Gasteiger partial charge in [-0.05, 0) is 59.5 Å². The lowest BCUT2D eigenvalue weighted by molar-refractivity contribution is 0.286. The summed E-state index contributed by atoms with van der Waals surface area (Å²) in [7, 11) is 0. The minimum Gasteiger partial charge on any atom is -0.473 e. The first-order chi connectivity index (χ1) is 11.7. The van der Waals surface area contributed by atoms with Crippen LogP contribution in [-0.2, 0) is 4.74 Å². The molecule has 0 saturated heterocycles. The molecule has 1 nitrogen and oxygen atoms in total. The van der Waals surface area contributed by atoms with Crippen molar-refractivity contribution in [1.82, 2.24) is 0 Å². The largest absolute Gasteiger partial charge is 0.473 e. The molecule has 2 aliphatic carbocycles. The maximum atomic E-state index is 6.19. The summed E-state index contributed by atoms with van der Waals surface area (Å²) in [6.07, 6.45) is 17.9. The van der Waals surface area contributed by atoms with Crippen molar-refractivity contribution in [2.75, 3.05) is 0 Å². The van der Waals surface area contributed by atoms with Gasteiger partial charge in [-0.2, -0.15) is 0 Å². The average molecular weight is 347 g/mol. The van der Waals surface area contributed by atoms with E-state index in [1.807, 2.05) is 0 Å². The molecule has 0 atom stereocenters. The fourth-order valence-electron chi connectivity index (χ4n) is 4.78. The highest BCUT2D eigenvalue weighted by molar-refractivity contribution is 5.16. The molecule has 0 aromatic rings. The number of allylic oxidation sites excluding steroid dienone is 2. The van der Waals surface area contributed by atoms with Crippen molar-refractivity contribution >= 4 is 0 Å². The Kier molecular flexibility index (Phi) is 7.23. The normalized spacial score (nSPS) is 23.0. The lowest BCUT2D eigenvalue weighted by atomic mass is 9.73. The van der Waals surface area contributed by atoms with E-state index < -0.39 is 0 Å². The third-order valence-corrected chi connectivity index (χ3v) is 6.21. The van der Waals surface area contributed by atoms with Gasteiger partial charge in [0.15, 0.2) is 0 Å². The van der Waals surface area contributed by atoms with E-state index in [1.54, 1.807) is 0 Å². The Morgan fingerprint density at radius 3 is 1.20 bits per heavy atom. The molecule has 0 radical (unpaired) electrons. The molecule has 0 N–H and O–H groups in total. The molecule has 0 spiro atoms. The van der Waals surface area contributed by atoms with Crippen LogP contribution in [0.1, 0.15) is 106 Å². The van der Waals surface area contributed by atoms with Gasteiger partial charge >= 0.3 is 0 Å². The van der Waals surface area contributed by atoms with Crippen molar-refractivity contribution in [3.63, 3.8) is 0 Å². The topological polar surface area (TPSA) is 9.23 Å². The fraction of sp³-hybridized carbons (Fsp3) is 0.833. The predicted molar refractivity (Wildman–Crippen MR) is 109 cm³/mol. The number of hydrogen-bond donors (Lipinski definition) is 0. The van der Waals surface area contributed by atoms with Crippen molar-refractivity contribution in [3.05, 3.63) is 23.7 Å². The van der Waals surface area contributed by atoms with Crippen LogP contribution in [0.15, 0.2) is 23.7 Å². The summed E-state index contributed by atoms with van der Waals surface area (Å²) in [5, 5.41) is 0. The minimum atomic E-state index is 0.197. The first-order valence-corrected chi connectivity index (χ1v) is 10.8. The Labute approximate surface area is 157 Å². The Morgan fingerprint density at radius 2 is 0.920 bits per heavy atom. The summed E-state index contributed by atoms with van der Waals surface area (Å²) < 4.78 is 6.19. The highest BCUT2D eigenvalue weighted by Crippen LogP contribution is 2.41. The van der Waals surface area contributed by atoms with Gasteiger partial charge in [0.2, 0.25) is 0 Å². The van der Waals surface area contributed by atoms with Crippen LogP contribution in [0.2, 0.25) is 0 Å². The standard InChI is InChI=1S/C24H42O/c1-23(2,3)21(19-13-9-7-10-14-19)17-25-18-22(24(4,5)6)20-15-11-8-12-16-20/h17-20H,7-16H2,1-6H3. The average Bonchev–Trinajstić information content (AvgIpc) is 2.54. The minimum absolute atomic E-state index is 0.197. The van der Waals surface area contributed by atoms with Crippen molar-refractivity contribution in [2.45, 2.75) is 106 Å². The maximum absolute atomic E-state index is 6.19. The Balaban J connectivity index is 2.16. The van der Waals surface area contributed by atoms with Crippen molar-refractivity contribution < 1.29 is 4.74 Å². The van der Waals surface area contributed by atoms with Crippen LogP contribution in [-0.4, -0.2) is 0 Å². The molecule has 2 fully saturated rings. The highest BCUT2D eigenvalue weighted by atomic mass is 16.5. The second-order valence-electron chi connectivity index (χ2n) is 10.5. The zero-order valence-corrected chi connectivity index (χ0v) is 17.8. The first kappa shape index (κ1) is 20.6. The lowest BCUT2D eigenvalue weighted by Gasteiger charge is -2.34. The molecular formula is C24H42O. The molecule has 2 saturated carbocycles. The van der Waals surface area contributed by atoms with E-state index in [0.29, 0.717) is 0 Å². The van der Waals surface area contributed by atoms with E-state index in [1.165, 1.54) is 75.4 Å². The summed E-state index contributed by atoms with van der Waals surface area (Å²) in [4.78, 5) is 0. The van der Waals surface area contributed by atoms with Crippen LogP contribution in [0.3, 0.4) is 0 Å². The SMILES string of the molecule is CC(C)(C)C(=COC=C(C1CCCCC1)C(C)(C)C)C1CCCCC1. The van der Waals surface area contributed by atoms with Gasteiger partial charge in [0.05, 0.1) is 12.5 Å². The van der Waals surface area contributed by atoms with Gasteiger partial charge in [0.25, 0.3) is 0 Å². The van der Waals surface area contributed by atoms with E-state index in [-0.39, 0.29) is 10.8 Å². The van der Waals surface area contributed by atoms with Crippen LogP contribution in [0, 0.1) is 22.7 Å². The molecule has 0 heterocycles. The molecule has 0 aromatic heterocycles. The molecule has 25 heavy (non-hydrogen) atoms. The first-order valence-electron chi connectivity index (χ1n) is 10.8. The van der Waals surface area contributed by atoms with Crippen LogP contribution in [0.25, 0.3) is 0 Å². The van der Waals surface area contributed by atoms with Gasteiger partial charge in [0, 0.05) is 0 Å². The molecule has 0 aromatic carbocycles. The quantitative estimate of drug-likeness (QED) is 0.468. The molecule has 0 unspecified atom stereocenters. The number of hydrogen-bond acceptors (Lipinski definition) is 1. The Hall–Kier alpha value is -0.720. The molecule has 2 rings (SSSR count). The molecule has 0 bridgehead atoms. The van der Waals surface area contributed by atoms with Gasteiger partial charge in [0.1, 0.15) is 0 Å². The van der Waals surface area contributed by atoms with Gasteiger partial charge in [-0.3, -0.25) is 0 Å². The molecule has 0 amide bonds. The molecule has 1 heteroatoms. The summed E-state index contributed by atoms with van der Waals surface area (Å²) in [6, 6.07) is 0. The smallest absolute Gasteiger partial charge is 0.0901 e. The molecule has 144 valence electrons. The second-order valence-corrected chi connectivity index (χ2v) is 10.5. The predicted octanol–water partition coefficient (Wildman–Crippen LogP) is 8.02. The van der Waals surface area contributed by atoms with E-state index in [9.17, 15) is 0 Å². The summed E-state index contributed by atoms with van der Waals surface area (Å²) >= 11 is 0. The highest BCUT2D eigenvalue weighted by Gasteiger charge is 2.29. The van der Waals surface area contributed by atoms with Crippen LogP contribution in [0.4, 0.5) is 0 Å². The molecule has 0 aliphatic heterocycles. The third kappa shape index (κ3) is 6.19. The van der Waals surface area contributed by atoms with E-state index in [0.717, 1.165) is 11.8 Å². The zero-order chi connectivity index (χ0) is 18.5. The number of ether oxygens (including phenoxy) is 1. The van der Waals surface area contributed by atoms with Gasteiger partial charge in [-0.25, -0.2) is 0 Å². The summed E-state index contributed by atoms with van der Waals surface area (Å²) in [6.45, 7) is 14.0. The summed E-state index contributed by atoms with van der Waals surface area (Å²) in [5.74, 6) is 1.44. The van der Waals surface area contributed by atoms with Gasteiger partial charge in [-0.1, -0.05) is 80.1 Å².